The van der Waals surface area contributed by atoms with Crippen molar-refractivity contribution in [2.75, 3.05) is 4.90 Å². The Bertz CT molecular complexity index is 2890. The molecule has 0 amide bonds. The molecule has 0 aliphatic heterocycles. The number of nitrogens with one attached hydrogen (secondary N) is 2. The van der Waals surface area contributed by atoms with Gasteiger partial charge in [0, 0.05) is 66.1 Å². The predicted octanol–water partition coefficient (Wildman–Crippen LogP) is 11.3. The van der Waals surface area contributed by atoms with Gasteiger partial charge in [0.15, 0.2) is 0 Å². The van der Waals surface area contributed by atoms with Gasteiger partial charge in [-0.3, -0.25) is 39.6 Å². The van der Waals surface area contributed by atoms with Crippen LogP contribution in [0.1, 0.15) is 63.9 Å². The molecule has 0 spiro atoms. The van der Waals surface area contributed by atoms with E-state index >= 15 is 0 Å². The fraction of sp³-hybridized carbons (Fsp3) is 0.173. The van der Waals surface area contributed by atoms with Gasteiger partial charge in [-0.05, 0) is 82.5 Å². The molecule has 14 nitrogen and oxygen atoms in total. The number of aromatic nitrogens is 4. The molecule has 0 fully saturated rings. The van der Waals surface area contributed by atoms with Crippen LogP contribution >= 0.6 is 12.2 Å². The molecule has 0 unspecified atom stereocenters. The van der Waals surface area contributed by atoms with Crippen LogP contribution < -0.4 is 19.1 Å². The first-order valence-electron chi connectivity index (χ1n) is 20.6. The minimum absolute atomic E-state index is 0. The van der Waals surface area contributed by atoms with E-state index in [2.05, 4.69) is 122 Å². The standard InChI is InChI=1S/C33H32F3N4.C18H11N3O6.CNS.Ru/c1-31(2,3)24-10-14-26(15-11-24)40(27-16-12-25(13-17-27)32(4,5)6)20-8-7-9-23-18-19-39-29(21-23)28(37)22-30(38)33(34,35)36;22-9-25-12-1-3-19-15(5-12)17-7-14(27-11-24)8-18(21-17)16-6-13(26-10-23)2-4-20-16;2-1-3;/h10-19,21-22,37-38H,1-6H3;1-11H;;/q-1;;-1;+2/b28-22-,38-30?;;;. The molecule has 0 saturated carbocycles. The molecular weight excluding hydrogens is 1020 g/mol. The molecule has 6 rings (SSSR count). The van der Waals surface area contributed by atoms with Crippen molar-refractivity contribution in [3.63, 3.8) is 0 Å². The van der Waals surface area contributed by atoms with E-state index in [1.807, 2.05) is 29.2 Å². The van der Waals surface area contributed by atoms with Crippen LogP contribution in [0.2, 0.25) is 0 Å². The zero-order valence-electron chi connectivity index (χ0n) is 38.8. The summed E-state index contributed by atoms with van der Waals surface area (Å²) in [6.45, 7) is 13.8. The topological polar surface area (TPSA) is 204 Å². The summed E-state index contributed by atoms with van der Waals surface area (Å²) < 4.78 is 52.5. The maximum atomic E-state index is 12.6. The number of hydrogen-bond acceptors (Lipinski definition) is 13. The Labute approximate surface area is 426 Å². The monoisotopic (exact) mass is 1070 g/mol. The summed E-state index contributed by atoms with van der Waals surface area (Å²) in [5.41, 5.74) is 11.8. The fourth-order valence-electron chi connectivity index (χ4n) is 5.89. The molecule has 362 valence electrons. The number of ether oxygens (including phenoxy) is 3. The van der Waals surface area contributed by atoms with E-state index in [4.69, 9.17) is 30.8 Å². The first-order chi connectivity index (χ1) is 33.2. The Morgan fingerprint density at radius 2 is 1.08 bits per heavy atom. The van der Waals surface area contributed by atoms with Crippen molar-refractivity contribution in [1.82, 2.24) is 19.9 Å². The number of allylic oxidation sites excluding steroid dienone is 1. The second-order valence-corrected chi connectivity index (χ2v) is 16.6. The number of carbonyl (C=O) groups excluding carboxylic acids is 3. The van der Waals surface area contributed by atoms with Gasteiger partial charge in [-0.1, -0.05) is 83.9 Å². The number of benzene rings is 2. The first-order valence-corrected chi connectivity index (χ1v) is 21.0. The molecule has 0 atom stereocenters. The summed E-state index contributed by atoms with van der Waals surface area (Å²) >= 11 is 3.70. The number of isothiocyanates is 1. The quantitative estimate of drug-likeness (QED) is 0.0304. The number of hydrogen-bond donors (Lipinski definition) is 1. The van der Waals surface area contributed by atoms with E-state index in [-0.39, 0.29) is 59.7 Å². The molecule has 19 heteroatoms. The van der Waals surface area contributed by atoms with Crippen LogP contribution in [0.25, 0.3) is 39.6 Å². The van der Waals surface area contributed by atoms with Gasteiger partial charge in [-0.25, -0.2) is 4.98 Å². The van der Waals surface area contributed by atoms with Crippen molar-refractivity contribution in [1.29, 1.82) is 5.41 Å². The van der Waals surface area contributed by atoms with E-state index in [9.17, 15) is 27.6 Å². The van der Waals surface area contributed by atoms with E-state index in [1.54, 1.807) is 6.07 Å². The summed E-state index contributed by atoms with van der Waals surface area (Å²) in [7, 11) is 0. The molecule has 4 heterocycles. The third kappa shape index (κ3) is 17.7. The normalized spacial score (nSPS) is 10.7. The second kappa shape index (κ2) is 26.5. The van der Waals surface area contributed by atoms with Crippen molar-refractivity contribution in [3.8, 4) is 63.8 Å². The van der Waals surface area contributed by atoms with E-state index < -0.39 is 17.6 Å². The maximum absolute atomic E-state index is 12.6. The Kier molecular flexibility index (Phi) is 21.3. The fourth-order valence-corrected chi connectivity index (χ4v) is 5.89. The van der Waals surface area contributed by atoms with Crippen molar-refractivity contribution in [2.45, 2.75) is 58.5 Å². The third-order valence-electron chi connectivity index (χ3n) is 9.39. The number of alkyl halides is 3. The Hall–Kier alpha value is -8.21. The van der Waals surface area contributed by atoms with Gasteiger partial charge in [-0.2, -0.15) is 18.3 Å². The van der Waals surface area contributed by atoms with Crippen molar-refractivity contribution in [3.05, 3.63) is 155 Å². The predicted molar refractivity (Wildman–Crippen MR) is 264 cm³/mol. The van der Waals surface area contributed by atoms with Crippen LogP contribution in [-0.2, 0) is 44.7 Å². The first kappa shape index (κ1) is 57.1. The van der Waals surface area contributed by atoms with Gasteiger partial charge in [0.25, 0.3) is 19.4 Å². The Morgan fingerprint density at radius 1 is 0.662 bits per heavy atom. The van der Waals surface area contributed by atoms with Gasteiger partial charge in [0.1, 0.15) is 23.0 Å². The molecule has 6 aromatic rings. The summed E-state index contributed by atoms with van der Waals surface area (Å²) in [4.78, 5) is 50.4. The minimum Gasteiger partial charge on any atom is -0.753 e. The zero-order chi connectivity index (χ0) is 51.5. The SMILES string of the molecule is CC(C)(C)c1ccc(N(C#CC#Cc2ccnc(/C([NH-])=C/C(=N)C(F)(F)F)c2)c2ccc(C(C)(C)C)cc2)cc1.O=COc1ccnc(-c2cc(OC=O)cc(-c3cc(OC=O)ccn3)n2)c1.[N-]=C=S.[Ru+2]. The van der Waals surface area contributed by atoms with Crippen LogP contribution in [-0.4, -0.2) is 56.4 Å². The summed E-state index contributed by atoms with van der Waals surface area (Å²) in [6.07, 6.45) is -0.163. The average Bonchev–Trinajstić information content (AvgIpc) is 3.32. The van der Waals surface area contributed by atoms with Crippen LogP contribution in [0.4, 0.5) is 24.5 Å². The minimum atomic E-state index is -4.83. The van der Waals surface area contributed by atoms with E-state index in [1.165, 1.54) is 77.3 Å². The van der Waals surface area contributed by atoms with E-state index in [0.717, 1.165) is 11.4 Å². The van der Waals surface area contributed by atoms with Gasteiger partial charge < -0.3 is 25.4 Å². The number of rotatable bonds is 12. The maximum Gasteiger partial charge on any atom is 2.00 e. The molecular formula is C52H43F3N8O6RuS. The zero-order valence-corrected chi connectivity index (χ0v) is 41.4. The van der Waals surface area contributed by atoms with Crippen molar-refractivity contribution < 1.29 is 61.2 Å². The third-order valence-corrected chi connectivity index (χ3v) is 9.39. The summed E-state index contributed by atoms with van der Waals surface area (Å²) in [5, 5.41) is 15.5. The van der Waals surface area contributed by atoms with Crippen LogP contribution in [0.5, 0.6) is 17.2 Å². The van der Waals surface area contributed by atoms with Gasteiger partial charge >= 0.3 is 25.7 Å². The molecule has 0 aliphatic carbocycles. The molecule has 0 aliphatic rings. The number of carbonyl (C=O) groups is 3. The molecule has 0 saturated heterocycles. The van der Waals surface area contributed by atoms with Gasteiger partial charge in [-0.15, -0.1) is 5.70 Å². The Morgan fingerprint density at radius 3 is 1.51 bits per heavy atom. The number of nitrogens with zero attached hydrogens (tertiary/aromatic N) is 6. The van der Waals surface area contributed by atoms with Gasteiger partial charge in [0.05, 0.1) is 34.2 Å². The Balaban J connectivity index is 0.000000373. The van der Waals surface area contributed by atoms with E-state index in [0.29, 0.717) is 47.4 Å². The molecule has 0 bridgehead atoms. The van der Waals surface area contributed by atoms with Crippen molar-refractivity contribution >= 4 is 59.6 Å². The molecule has 2 N–H and O–H groups in total. The number of anilines is 2. The number of thiocarbonyl (C=S) groups is 1. The molecule has 2 aromatic carbocycles. The smallest absolute Gasteiger partial charge is 0.753 e. The van der Waals surface area contributed by atoms with Gasteiger partial charge in [0.2, 0.25) is 0 Å². The summed E-state index contributed by atoms with van der Waals surface area (Å²) in [6, 6.07) is 31.5. The summed E-state index contributed by atoms with van der Waals surface area (Å²) in [5.74, 6) is 9.29. The number of halogens is 3. The van der Waals surface area contributed by atoms with Crippen LogP contribution in [0.15, 0.2) is 122 Å². The van der Waals surface area contributed by atoms with Crippen LogP contribution in [0.3, 0.4) is 0 Å². The molecule has 0 radical (unpaired) electrons. The molecule has 71 heavy (non-hydrogen) atoms. The second-order valence-electron chi connectivity index (χ2n) is 16.4. The average molecular weight is 1070 g/mol. The van der Waals surface area contributed by atoms with Crippen molar-refractivity contribution in [2.24, 2.45) is 0 Å². The number of pyridine rings is 4. The van der Waals surface area contributed by atoms with Crippen LogP contribution in [0, 0.1) is 29.2 Å². The molecule has 4 aromatic heterocycles. The largest absolute Gasteiger partial charge is 2.00 e.